The van der Waals surface area contributed by atoms with Gasteiger partial charge in [0.2, 0.25) is 0 Å². The number of hydrogen-bond donors (Lipinski definition) is 1. The van der Waals surface area contributed by atoms with Gasteiger partial charge in [0, 0.05) is 37.0 Å². The molecule has 2 rings (SSSR count). The minimum Gasteiger partial charge on any atom is -0.334 e. The molecule has 144 valence electrons. The van der Waals surface area contributed by atoms with Gasteiger partial charge in [0.1, 0.15) is 0 Å². The van der Waals surface area contributed by atoms with Crippen LogP contribution in [0.4, 0.5) is 5.69 Å². The number of rotatable bonds is 8. The molecule has 2 aromatic carbocycles. The zero-order valence-corrected chi connectivity index (χ0v) is 15.7. The number of nitro groups is 1. The van der Waals surface area contributed by atoms with E-state index < -0.39 is 26.4 Å². The lowest BCUT2D eigenvalue weighted by Gasteiger charge is -2.23. The first-order chi connectivity index (χ1) is 12.7. The Bertz CT molecular complexity index is 929. The number of hydrogen-bond acceptors (Lipinski definition) is 6. The van der Waals surface area contributed by atoms with Crippen LogP contribution in [0.5, 0.6) is 0 Å². The van der Waals surface area contributed by atoms with Crippen LogP contribution in [0.3, 0.4) is 0 Å². The number of amides is 1. The highest BCUT2D eigenvalue weighted by molar-refractivity contribution is 7.90. The second kappa shape index (κ2) is 8.74. The summed E-state index contributed by atoms with van der Waals surface area (Å²) in [5, 5.41) is 11.2. The standard InChI is InChI=1S/C18H21N3O5S/c1-27(25,26)17-11-15(10-16(12-17)21(23)24)18(22)20(9-5-8-19)13-14-6-3-2-4-7-14/h2-4,6-7,10-12H,5,8-9,13,19H2,1H3. The van der Waals surface area contributed by atoms with E-state index in [4.69, 9.17) is 5.73 Å². The van der Waals surface area contributed by atoms with Crippen molar-refractivity contribution in [3.63, 3.8) is 0 Å². The van der Waals surface area contributed by atoms with Gasteiger partial charge in [0.15, 0.2) is 9.84 Å². The van der Waals surface area contributed by atoms with E-state index in [0.717, 1.165) is 24.0 Å². The molecule has 2 aromatic rings. The molecule has 1 amide bonds. The number of non-ortho nitro benzene ring substituents is 1. The van der Waals surface area contributed by atoms with Gasteiger partial charge in [0.05, 0.1) is 9.82 Å². The number of sulfone groups is 1. The fourth-order valence-electron chi connectivity index (χ4n) is 2.55. The molecule has 0 saturated carbocycles. The van der Waals surface area contributed by atoms with Gasteiger partial charge in [0.25, 0.3) is 11.6 Å². The summed E-state index contributed by atoms with van der Waals surface area (Å²) in [6.45, 7) is 1.01. The zero-order valence-electron chi connectivity index (χ0n) is 14.9. The summed E-state index contributed by atoms with van der Waals surface area (Å²) in [5.41, 5.74) is 5.94. The SMILES string of the molecule is CS(=O)(=O)c1cc(C(=O)N(CCCN)Cc2ccccc2)cc([N+](=O)[O-])c1. The van der Waals surface area contributed by atoms with E-state index in [1.807, 2.05) is 30.3 Å². The van der Waals surface area contributed by atoms with Crippen LogP contribution in [0, 0.1) is 10.1 Å². The Balaban J connectivity index is 2.43. The summed E-state index contributed by atoms with van der Waals surface area (Å²) in [5.74, 6) is -0.485. The van der Waals surface area contributed by atoms with Gasteiger partial charge in [-0.2, -0.15) is 0 Å². The van der Waals surface area contributed by atoms with E-state index in [9.17, 15) is 23.3 Å². The van der Waals surface area contributed by atoms with E-state index in [1.54, 1.807) is 0 Å². The maximum Gasteiger partial charge on any atom is 0.271 e. The Morgan fingerprint density at radius 3 is 2.41 bits per heavy atom. The summed E-state index contributed by atoms with van der Waals surface area (Å²) in [7, 11) is -3.71. The maximum absolute atomic E-state index is 13.0. The van der Waals surface area contributed by atoms with Crippen molar-refractivity contribution >= 4 is 21.4 Å². The first-order valence-corrected chi connectivity index (χ1v) is 10.1. The van der Waals surface area contributed by atoms with E-state index >= 15 is 0 Å². The lowest BCUT2D eigenvalue weighted by molar-refractivity contribution is -0.385. The van der Waals surface area contributed by atoms with Crippen molar-refractivity contribution in [3.8, 4) is 0 Å². The summed E-state index contributed by atoms with van der Waals surface area (Å²) in [6.07, 6.45) is 1.49. The van der Waals surface area contributed by atoms with Gasteiger partial charge in [-0.15, -0.1) is 0 Å². The van der Waals surface area contributed by atoms with Crippen molar-refractivity contribution < 1.29 is 18.1 Å². The summed E-state index contributed by atoms with van der Waals surface area (Å²) >= 11 is 0. The van der Waals surface area contributed by atoms with E-state index in [2.05, 4.69) is 0 Å². The Morgan fingerprint density at radius 2 is 1.85 bits per heavy atom. The van der Waals surface area contributed by atoms with Crippen molar-refractivity contribution in [2.45, 2.75) is 17.9 Å². The van der Waals surface area contributed by atoms with Crippen LogP contribution in [0.15, 0.2) is 53.4 Å². The number of nitrogens with two attached hydrogens (primary N) is 1. The average Bonchev–Trinajstić information content (AvgIpc) is 2.64. The molecule has 0 aliphatic heterocycles. The lowest BCUT2D eigenvalue weighted by atomic mass is 10.1. The number of carbonyl (C=O) groups excluding carboxylic acids is 1. The van der Waals surface area contributed by atoms with Crippen LogP contribution in [-0.4, -0.2) is 43.5 Å². The molecule has 0 fully saturated rings. The van der Waals surface area contributed by atoms with Crippen LogP contribution in [0.2, 0.25) is 0 Å². The Morgan fingerprint density at radius 1 is 1.19 bits per heavy atom. The first kappa shape index (κ1) is 20.5. The van der Waals surface area contributed by atoms with Gasteiger partial charge in [-0.1, -0.05) is 30.3 Å². The van der Waals surface area contributed by atoms with Gasteiger partial charge >= 0.3 is 0 Å². The van der Waals surface area contributed by atoms with Crippen LogP contribution in [0.25, 0.3) is 0 Å². The molecule has 27 heavy (non-hydrogen) atoms. The Hall–Kier alpha value is -2.78. The predicted molar refractivity (Wildman–Crippen MR) is 101 cm³/mol. The third-order valence-corrected chi connectivity index (χ3v) is 5.00. The van der Waals surface area contributed by atoms with Crippen molar-refractivity contribution in [1.82, 2.24) is 4.90 Å². The molecule has 9 heteroatoms. The Labute approximate surface area is 157 Å². The van der Waals surface area contributed by atoms with Gasteiger partial charge < -0.3 is 10.6 Å². The second-order valence-electron chi connectivity index (χ2n) is 6.10. The molecule has 0 aliphatic carbocycles. The molecule has 0 unspecified atom stereocenters. The van der Waals surface area contributed by atoms with Crippen LogP contribution < -0.4 is 5.73 Å². The van der Waals surface area contributed by atoms with Crippen LogP contribution >= 0.6 is 0 Å². The fourth-order valence-corrected chi connectivity index (χ4v) is 3.22. The first-order valence-electron chi connectivity index (χ1n) is 8.25. The third kappa shape index (κ3) is 5.60. The van der Waals surface area contributed by atoms with Crippen molar-refractivity contribution in [2.24, 2.45) is 5.73 Å². The minimum atomic E-state index is -3.71. The largest absolute Gasteiger partial charge is 0.334 e. The normalized spacial score (nSPS) is 11.2. The van der Waals surface area contributed by atoms with Crippen molar-refractivity contribution in [3.05, 3.63) is 69.8 Å². The van der Waals surface area contributed by atoms with Gasteiger partial charge in [-0.05, 0) is 24.6 Å². The monoisotopic (exact) mass is 391 g/mol. The molecule has 0 aromatic heterocycles. The number of nitro benzene ring substituents is 1. The van der Waals surface area contributed by atoms with E-state index in [1.165, 1.54) is 11.0 Å². The van der Waals surface area contributed by atoms with Crippen molar-refractivity contribution in [1.29, 1.82) is 0 Å². The van der Waals surface area contributed by atoms with Gasteiger partial charge in [-0.3, -0.25) is 14.9 Å². The summed E-state index contributed by atoms with van der Waals surface area (Å²) in [4.78, 5) is 24.7. The number of nitrogens with zero attached hydrogens (tertiary/aromatic N) is 2. The molecule has 2 N–H and O–H groups in total. The molecule has 0 atom stereocenters. The third-order valence-electron chi connectivity index (χ3n) is 3.91. The fraction of sp³-hybridized carbons (Fsp3) is 0.278. The van der Waals surface area contributed by atoms with E-state index in [0.29, 0.717) is 19.5 Å². The highest BCUT2D eigenvalue weighted by Gasteiger charge is 2.22. The number of benzene rings is 2. The molecule has 0 spiro atoms. The van der Waals surface area contributed by atoms with E-state index in [-0.39, 0.29) is 17.0 Å². The maximum atomic E-state index is 13.0. The predicted octanol–water partition coefficient (Wildman–Crippen LogP) is 1.99. The summed E-state index contributed by atoms with van der Waals surface area (Å²) < 4.78 is 23.7. The number of carbonyl (C=O) groups is 1. The topological polar surface area (TPSA) is 124 Å². The highest BCUT2D eigenvalue weighted by atomic mass is 32.2. The molecule has 8 nitrogen and oxygen atoms in total. The molecular formula is C18H21N3O5S. The van der Waals surface area contributed by atoms with Crippen molar-refractivity contribution in [2.75, 3.05) is 19.3 Å². The molecule has 0 radical (unpaired) electrons. The smallest absolute Gasteiger partial charge is 0.271 e. The second-order valence-corrected chi connectivity index (χ2v) is 8.12. The molecule has 0 heterocycles. The molecular weight excluding hydrogens is 370 g/mol. The lowest BCUT2D eigenvalue weighted by Crippen LogP contribution is -2.32. The van der Waals surface area contributed by atoms with Crippen LogP contribution in [0.1, 0.15) is 22.3 Å². The quantitative estimate of drug-likeness (QED) is 0.542. The molecule has 0 saturated heterocycles. The molecule has 0 aliphatic rings. The van der Waals surface area contributed by atoms with Crippen LogP contribution in [-0.2, 0) is 16.4 Å². The average molecular weight is 391 g/mol. The molecule has 0 bridgehead atoms. The highest BCUT2D eigenvalue weighted by Crippen LogP contribution is 2.22. The summed E-state index contributed by atoms with van der Waals surface area (Å²) in [6, 6.07) is 12.5. The minimum absolute atomic E-state index is 0.0439. The van der Waals surface area contributed by atoms with Gasteiger partial charge in [-0.25, -0.2) is 8.42 Å². The Kier molecular flexibility index (Phi) is 6.65. The zero-order chi connectivity index (χ0) is 20.0.